The number of rotatable bonds is 1. The van der Waals surface area contributed by atoms with Gasteiger partial charge < -0.3 is 0 Å². The smallest absolute Gasteiger partial charge is 0.148 e. The molecular weight excluding hydrogens is 212 g/mol. The third kappa shape index (κ3) is 1.73. The van der Waals surface area contributed by atoms with Gasteiger partial charge in [0, 0.05) is 38.9 Å². The first kappa shape index (κ1) is 9.51. The van der Waals surface area contributed by atoms with Gasteiger partial charge in [-0.3, -0.25) is 9.80 Å². The quantitative estimate of drug-likeness (QED) is 0.661. The fourth-order valence-corrected chi connectivity index (χ4v) is 2.52. The fraction of sp³-hybridized carbons (Fsp3) is 0.600. The van der Waals surface area contributed by atoms with Gasteiger partial charge in [-0.1, -0.05) is 11.6 Å². The van der Waals surface area contributed by atoms with Crippen molar-refractivity contribution in [1.82, 2.24) is 19.8 Å². The van der Waals surface area contributed by atoms with E-state index < -0.39 is 0 Å². The Labute approximate surface area is 93.9 Å². The molecule has 4 heterocycles. The molecule has 0 amide bonds. The lowest BCUT2D eigenvalue weighted by Gasteiger charge is -2.46. The molecule has 4 nitrogen and oxygen atoms in total. The molecule has 0 spiro atoms. The van der Waals surface area contributed by atoms with Crippen molar-refractivity contribution >= 4 is 11.6 Å². The van der Waals surface area contributed by atoms with Crippen LogP contribution < -0.4 is 0 Å². The summed E-state index contributed by atoms with van der Waals surface area (Å²) < 4.78 is 0. The Morgan fingerprint density at radius 2 is 2.07 bits per heavy atom. The fourth-order valence-electron chi connectivity index (χ4n) is 2.37. The maximum Gasteiger partial charge on any atom is 0.148 e. The molecule has 0 aliphatic carbocycles. The number of hydrogen-bond acceptors (Lipinski definition) is 4. The van der Waals surface area contributed by atoms with E-state index in [0.717, 1.165) is 25.5 Å². The van der Waals surface area contributed by atoms with Crippen LogP contribution in [0.25, 0.3) is 0 Å². The van der Waals surface area contributed by atoms with Crippen LogP contribution in [0.15, 0.2) is 12.3 Å². The molecule has 3 aliphatic rings. The van der Waals surface area contributed by atoms with Gasteiger partial charge in [0.2, 0.25) is 0 Å². The first-order chi connectivity index (χ1) is 7.33. The second-order valence-electron chi connectivity index (χ2n) is 4.09. The van der Waals surface area contributed by atoms with Crippen LogP contribution in [0.2, 0.25) is 5.15 Å². The van der Waals surface area contributed by atoms with E-state index in [1.807, 2.05) is 0 Å². The average molecular weight is 225 g/mol. The van der Waals surface area contributed by atoms with Crippen LogP contribution >= 0.6 is 11.6 Å². The predicted molar refractivity (Wildman–Crippen MR) is 57.8 cm³/mol. The summed E-state index contributed by atoms with van der Waals surface area (Å²) in [5.41, 5.74) is 0. The molecule has 3 aliphatic heterocycles. The zero-order chi connectivity index (χ0) is 10.3. The van der Waals surface area contributed by atoms with Crippen molar-refractivity contribution in [3.05, 3.63) is 23.2 Å². The normalized spacial score (nSPS) is 34.3. The van der Waals surface area contributed by atoms with E-state index in [-0.39, 0.29) is 0 Å². The van der Waals surface area contributed by atoms with Crippen LogP contribution in [-0.2, 0) is 0 Å². The van der Waals surface area contributed by atoms with Gasteiger partial charge in [-0.05, 0) is 6.07 Å². The SMILES string of the molecule is Clc1ccnc(C2CN3CCN2CC3)n1. The molecule has 3 fully saturated rings. The van der Waals surface area contributed by atoms with Gasteiger partial charge in [0.15, 0.2) is 0 Å². The number of piperazine rings is 3. The van der Waals surface area contributed by atoms with Crippen molar-refractivity contribution in [2.45, 2.75) is 6.04 Å². The van der Waals surface area contributed by atoms with Gasteiger partial charge in [-0.15, -0.1) is 0 Å². The molecule has 0 N–H and O–H groups in total. The van der Waals surface area contributed by atoms with Crippen molar-refractivity contribution in [2.24, 2.45) is 0 Å². The van der Waals surface area contributed by atoms with Gasteiger partial charge >= 0.3 is 0 Å². The molecule has 15 heavy (non-hydrogen) atoms. The zero-order valence-corrected chi connectivity index (χ0v) is 9.19. The molecular formula is C10H13ClN4. The Balaban J connectivity index is 1.88. The van der Waals surface area contributed by atoms with Crippen LogP contribution in [0.5, 0.6) is 0 Å². The molecule has 0 saturated carbocycles. The second-order valence-corrected chi connectivity index (χ2v) is 4.48. The van der Waals surface area contributed by atoms with Crippen LogP contribution in [-0.4, -0.2) is 52.5 Å². The summed E-state index contributed by atoms with van der Waals surface area (Å²) in [4.78, 5) is 13.5. The zero-order valence-electron chi connectivity index (χ0n) is 8.43. The minimum absolute atomic E-state index is 0.339. The first-order valence-electron chi connectivity index (χ1n) is 5.28. The van der Waals surface area contributed by atoms with E-state index in [4.69, 9.17) is 11.6 Å². The third-order valence-corrected chi connectivity index (χ3v) is 3.43. The summed E-state index contributed by atoms with van der Waals surface area (Å²) in [5.74, 6) is 0.868. The number of nitrogens with zero attached hydrogens (tertiary/aromatic N) is 4. The standard InChI is InChI=1S/C10H13ClN4/c11-9-1-2-12-10(13-9)8-7-14-3-5-15(8)6-4-14/h1-2,8H,3-7H2. The Hall–Kier alpha value is -0.710. The molecule has 80 valence electrons. The van der Waals surface area contributed by atoms with Gasteiger partial charge in [-0.25, -0.2) is 9.97 Å². The lowest BCUT2D eigenvalue weighted by atomic mass is 10.1. The van der Waals surface area contributed by atoms with Crippen molar-refractivity contribution in [1.29, 1.82) is 0 Å². The third-order valence-electron chi connectivity index (χ3n) is 3.22. The summed E-state index contributed by atoms with van der Waals surface area (Å²) in [7, 11) is 0. The maximum absolute atomic E-state index is 5.88. The van der Waals surface area contributed by atoms with E-state index in [2.05, 4.69) is 19.8 Å². The number of hydrogen-bond donors (Lipinski definition) is 0. The highest BCUT2D eigenvalue weighted by Gasteiger charge is 2.34. The van der Waals surface area contributed by atoms with Gasteiger partial charge in [0.1, 0.15) is 11.0 Å². The van der Waals surface area contributed by atoms with Gasteiger partial charge in [0.25, 0.3) is 0 Å². The summed E-state index contributed by atoms with van der Waals surface area (Å²) >= 11 is 5.88. The minimum atomic E-state index is 0.339. The number of aromatic nitrogens is 2. The summed E-state index contributed by atoms with van der Waals surface area (Å²) in [5, 5.41) is 0.539. The molecule has 1 unspecified atom stereocenters. The summed E-state index contributed by atoms with van der Waals surface area (Å²) in [6.45, 7) is 5.65. The van der Waals surface area contributed by atoms with Crippen molar-refractivity contribution < 1.29 is 0 Å². The van der Waals surface area contributed by atoms with Crippen LogP contribution in [0, 0.1) is 0 Å². The molecule has 1 atom stereocenters. The first-order valence-corrected chi connectivity index (χ1v) is 5.65. The minimum Gasteiger partial charge on any atom is -0.299 e. The molecule has 0 radical (unpaired) electrons. The topological polar surface area (TPSA) is 32.3 Å². The Morgan fingerprint density at radius 3 is 2.67 bits per heavy atom. The Bertz CT molecular complexity index is 362. The van der Waals surface area contributed by atoms with Gasteiger partial charge in [0.05, 0.1) is 6.04 Å². The molecule has 1 aromatic rings. The molecule has 3 saturated heterocycles. The van der Waals surface area contributed by atoms with Crippen LogP contribution in [0.3, 0.4) is 0 Å². The van der Waals surface area contributed by atoms with E-state index in [1.165, 1.54) is 13.1 Å². The highest BCUT2D eigenvalue weighted by molar-refractivity contribution is 6.29. The Kier molecular flexibility index (Phi) is 2.35. The van der Waals surface area contributed by atoms with E-state index in [0.29, 0.717) is 11.2 Å². The molecule has 1 aromatic heterocycles. The molecule has 0 aromatic carbocycles. The largest absolute Gasteiger partial charge is 0.299 e. The van der Waals surface area contributed by atoms with Crippen molar-refractivity contribution in [3.8, 4) is 0 Å². The van der Waals surface area contributed by atoms with Crippen molar-refractivity contribution in [3.63, 3.8) is 0 Å². The van der Waals surface area contributed by atoms with Crippen molar-refractivity contribution in [2.75, 3.05) is 32.7 Å². The van der Waals surface area contributed by atoms with Gasteiger partial charge in [-0.2, -0.15) is 0 Å². The van der Waals surface area contributed by atoms with Crippen LogP contribution in [0.4, 0.5) is 0 Å². The molecule has 5 heteroatoms. The Morgan fingerprint density at radius 1 is 1.27 bits per heavy atom. The summed E-state index contributed by atoms with van der Waals surface area (Å²) in [6, 6.07) is 2.06. The van der Waals surface area contributed by atoms with Crippen LogP contribution in [0.1, 0.15) is 11.9 Å². The number of fused-ring (bicyclic) bond motifs is 3. The summed E-state index contributed by atoms with van der Waals surface area (Å²) in [6.07, 6.45) is 1.74. The number of halogens is 1. The average Bonchev–Trinajstić information content (AvgIpc) is 2.30. The van der Waals surface area contributed by atoms with E-state index >= 15 is 0 Å². The predicted octanol–water partition coefficient (Wildman–Crippen LogP) is 0.802. The highest BCUT2D eigenvalue weighted by atomic mass is 35.5. The monoisotopic (exact) mass is 224 g/mol. The molecule has 2 bridgehead atoms. The molecule has 4 rings (SSSR count). The maximum atomic E-state index is 5.88. The second kappa shape index (κ2) is 3.70. The highest BCUT2D eigenvalue weighted by Crippen LogP contribution is 2.26. The van der Waals surface area contributed by atoms with E-state index in [1.54, 1.807) is 12.3 Å². The lowest BCUT2D eigenvalue weighted by molar-refractivity contribution is 0.00865. The van der Waals surface area contributed by atoms with E-state index in [9.17, 15) is 0 Å². The lowest BCUT2D eigenvalue weighted by Crippen LogP contribution is -2.57.